The second-order valence-corrected chi connectivity index (χ2v) is 8.52. The minimum absolute atomic E-state index is 0.0796. The fourth-order valence-electron chi connectivity index (χ4n) is 4.80. The third kappa shape index (κ3) is 3.29. The highest BCUT2D eigenvalue weighted by Gasteiger charge is 2.46. The lowest BCUT2D eigenvalue weighted by atomic mass is 9.78. The van der Waals surface area contributed by atoms with Crippen molar-refractivity contribution >= 4 is 11.4 Å². The Labute approximate surface area is 194 Å². The summed E-state index contributed by atoms with van der Waals surface area (Å²) in [6.45, 7) is 1.34. The highest BCUT2D eigenvalue weighted by molar-refractivity contribution is 5.84. The van der Waals surface area contributed by atoms with Gasteiger partial charge in [-0.25, -0.2) is 9.37 Å². The Hall–Kier alpha value is -3.62. The molecule has 1 aromatic heterocycles. The number of pyridine rings is 1. The fraction of sp³-hybridized carbons (Fsp3) is 0.231. The largest absolute Gasteiger partial charge is 0.453 e. The van der Waals surface area contributed by atoms with Crippen molar-refractivity contribution in [3.05, 3.63) is 83.2 Å². The zero-order chi connectivity index (χ0) is 23.3. The molecule has 2 aromatic carbocycles. The Morgan fingerprint density at radius 1 is 0.971 bits per heavy atom. The molecule has 3 aliphatic heterocycles. The Balaban J connectivity index is 1.59. The Bertz CT molecular complexity index is 1370. The van der Waals surface area contributed by atoms with Gasteiger partial charge in [0, 0.05) is 22.9 Å². The molecule has 1 atom stereocenters. The van der Waals surface area contributed by atoms with E-state index in [0.717, 1.165) is 12.0 Å². The molecule has 34 heavy (non-hydrogen) atoms. The SMILES string of the molecule is NC1=NC2(COC1)c1cc(-c3cccnc3F)ccc1Oc1c(F)cc(C3=CCCOC3)cc12. The first-order valence-corrected chi connectivity index (χ1v) is 11.0. The minimum Gasteiger partial charge on any atom is -0.453 e. The van der Waals surface area contributed by atoms with E-state index in [0.29, 0.717) is 46.8 Å². The van der Waals surface area contributed by atoms with E-state index in [2.05, 4.69) is 4.98 Å². The quantitative estimate of drug-likeness (QED) is 0.566. The monoisotopic (exact) mass is 461 g/mol. The number of nitrogens with zero attached hydrogens (tertiary/aromatic N) is 2. The van der Waals surface area contributed by atoms with Crippen molar-refractivity contribution in [2.75, 3.05) is 26.4 Å². The van der Waals surface area contributed by atoms with Gasteiger partial charge < -0.3 is 19.9 Å². The standard InChI is InChI=1S/C26H21F2N3O3/c27-21-11-17(16-3-2-8-32-12-16)10-20-24(21)34-22-6-5-15(18-4-1-7-30-25(18)28)9-19(22)26(20)14-33-13-23(29)31-26/h1,3-7,9-11H,2,8,12-14H2,(H2,29,31). The number of amidine groups is 1. The summed E-state index contributed by atoms with van der Waals surface area (Å²) < 4.78 is 47.3. The first-order chi connectivity index (χ1) is 16.5. The fourth-order valence-corrected chi connectivity index (χ4v) is 4.80. The van der Waals surface area contributed by atoms with Gasteiger partial charge in [0.15, 0.2) is 11.6 Å². The van der Waals surface area contributed by atoms with Crippen molar-refractivity contribution in [3.63, 3.8) is 0 Å². The number of aromatic nitrogens is 1. The van der Waals surface area contributed by atoms with Gasteiger partial charge in [0.2, 0.25) is 5.95 Å². The topological polar surface area (TPSA) is 79.0 Å². The molecule has 0 saturated carbocycles. The summed E-state index contributed by atoms with van der Waals surface area (Å²) in [7, 11) is 0. The predicted molar refractivity (Wildman–Crippen MR) is 123 cm³/mol. The van der Waals surface area contributed by atoms with Crippen molar-refractivity contribution in [2.45, 2.75) is 12.0 Å². The van der Waals surface area contributed by atoms with Crippen LogP contribution in [0.2, 0.25) is 0 Å². The highest BCUT2D eigenvalue weighted by Crippen LogP contribution is 2.52. The summed E-state index contributed by atoms with van der Waals surface area (Å²) in [5.41, 5.74) is 8.63. The summed E-state index contributed by atoms with van der Waals surface area (Å²) in [5, 5.41) is 0. The van der Waals surface area contributed by atoms with E-state index in [1.807, 2.05) is 12.1 Å². The molecule has 0 radical (unpaired) electrons. The number of halogens is 2. The van der Waals surface area contributed by atoms with Gasteiger partial charge in [-0.3, -0.25) is 4.99 Å². The van der Waals surface area contributed by atoms with E-state index in [9.17, 15) is 4.39 Å². The molecular weight excluding hydrogens is 440 g/mol. The van der Waals surface area contributed by atoms with Crippen LogP contribution in [-0.4, -0.2) is 37.2 Å². The minimum atomic E-state index is -1.15. The molecule has 4 heterocycles. The summed E-state index contributed by atoms with van der Waals surface area (Å²) in [6.07, 6.45) is 4.20. The molecule has 0 aliphatic carbocycles. The van der Waals surface area contributed by atoms with E-state index in [-0.39, 0.29) is 24.8 Å². The molecule has 6 nitrogen and oxygen atoms in total. The molecular formula is C26H21F2N3O3. The van der Waals surface area contributed by atoms with Crippen LogP contribution >= 0.6 is 0 Å². The average Bonchev–Trinajstić information content (AvgIpc) is 2.86. The van der Waals surface area contributed by atoms with E-state index in [1.54, 1.807) is 30.3 Å². The van der Waals surface area contributed by atoms with E-state index in [1.165, 1.54) is 12.3 Å². The maximum absolute atomic E-state index is 15.4. The normalized spacial score (nSPS) is 21.2. The molecule has 6 rings (SSSR count). The molecule has 172 valence electrons. The Morgan fingerprint density at radius 3 is 2.65 bits per heavy atom. The van der Waals surface area contributed by atoms with Crippen LogP contribution in [0.4, 0.5) is 8.78 Å². The molecule has 3 aromatic rings. The second kappa shape index (κ2) is 8.00. The molecule has 3 aliphatic rings. The number of benzene rings is 2. The van der Waals surface area contributed by atoms with Crippen LogP contribution in [-0.2, 0) is 15.0 Å². The number of hydrogen-bond acceptors (Lipinski definition) is 6. The summed E-state index contributed by atoms with van der Waals surface area (Å²) in [4.78, 5) is 8.56. The van der Waals surface area contributed by atoms with E-state index < -0.39 is 17.3 Å². The number of nitrogens with two attached hydrogens (primary N) is 1. The van der Waals surface area contributed by atoms with Crippen molar-refractivity contribution < 1.29 is 23.0 Å². The Kier molecular flexibility index (Phi) is 4.93. The lowest BCUT2D eigenvalue weighted by molar-refractivity contribution is 0.109. The van der Waals surface area contributed by atoms with Gasteiger partial charge in [-0.2, -0.15) is 4.39 Å². The van der Waals surface area contributed by atoms with Crippen LogP contribution in [0.5, 0.6) is 11.5 Å². The molecule has 0 bridgehead atoms. The average molecular weight is 461 g/mol. The van der Waals surface area contributed by atoms with E-state index >= 15 is 4.39 Å². The van der Waals surface area contributed by atoms with Crippen LogP contribution in [0.1, 0.15) is 23.1 Å². The van der Waals surface area contributed by atoms with Gasteiger partial charge in [0.1, 0.15) is 23.7 Å². The number of aliphatic imine (C=N–C) groups is 1. The van der Waals surface area contributed by atoms with Gasteiger partial charge in [-0.05, 0) is 59.5 Å². The summed E-state index contributed by atoms with van der Waals surface area (Å²) in [5.74, 6) is -0.320. The number of ether oxygens (including phenoxy) is 3. The van der Waals surface area contributed by atoms with Gasteiger partial charge in [0.05, 0.1) is 19.8 Å². The second-order valence-electron chi connectivity index (χ2n) is 8.52. The molecule has 0 amide bonds. The third-order valence-electron chi connectivity index (χ3n) is 6.37. The van der Waals surface area contributed by atoms with Gasteiger partial charge in [-0.15, -0.1) is 0 Å². The van der Waals surface area contributed by atoms with Gasteiger partial charge in [-0.1, -0.05) is 12.1 Å². The lowest BCUT2D eigenvalue weighted by Gasteiger charge is -2.40. The third-order valence-corrected chi connectivity index (χ3v) is 6.37. The molecule has 0 saturated heterocycles. The number of fused-ring (bicyclic) bond motifs is 4. The molecule has 0 fully saturated rings. The predicted octanol–water partition coefficient (Wildman–Crippen LogP) is 4.57. The van der Waals surface area contributed by atoms with Crippen molar-refractivity contribution in [2.24, 2.45) is 10.7 Å². The van der Waals surface area contributed by atoms with Crippen LogP contribution in [0.25, 0.3) is 16.7 Å². The summed E-state index contributed by atoms with van der Waals surface area (Å²) >= 11 is 0. The van der Waals surface area contributed by atoms with Crippen LogP contribution in [0.3, 0.4) is 0 Å². The maximum atomic E-state index is 15.4. The molecule has 8 heteroatoms. The maximum Gasteiger partial charge on any atom is 0.220 e. The van der Waals surface area contributed by atoms with Gasteiger partial charge in [0.25, 0.3) is 0 Å². The van der Waals surface area contributed by atoms with Crippen molar-refractivity contribution in [1.29, 1.82) is 0 Å². The first kappa shape index (κ1) is 20.9. The molecule has 1 unspecified atom stereocenters. The molecule has 2 N–H and O–H groups in total. The van der Waals surface area contributed by atoms with Crippen molar-refractivity contribution in [1.82, 2.24) is 4.98 Å². The van der Waals surface area contributed by atoms with E-state index in [4.69, 9.17) is 24.9 Å². The van der Waals surface area contributed by atoms with Gasteiger partial charge >= 0.3 is 0 Å². The smallest absolute Gasteiger partial charge is 0.220 e. The Morgan fingerprint density at radius 2 is 1.85 bits per heavy atom. The zero-order valence-electron chi connectivity index (χ0n) is 18.2. The number of hydrogen-bond donors (Lipinski definition) is 1. The van der Waals surface area contributed by atoms with Crippen LogP contribution in [0, 0.1) is 11.8 Å². The molecule has 1 spiro atoms. The first-order valence-electron chi connectivity index (χ1n) is 11.0. The van der Waals surface area contributed by atoms with Crippen LogP contribution < -0.4 is 10.5 Å². The zero-order valence-corrected chi connectivity index (χ0v) is 18.2. The number of rotatable bonds is 2. The van der Waals surface area contributed by atoms with Crippen LogP contribution in [0.15, 0.2) is 59.7 Å². The lowest BCUT2D eigenvalue weighted by Crippen LogP contribution is -2.42. The van der Waals surface area contributed by atoms with Crippen molar-refractivity contribution in [3.8, 4) is 22.6 Å². The highest BCUT2D eigenvalue weighted by atomic mass is 19.1. The summed E-state index contributed by atoms with van der Waals surface area (Å²) in [6, 6.07) is 11.8.